The molecule has 0 amide bonds. The van der Waals surface area contributed by atoms with Gasteiger partial charge in [-0.1, -0.05) is 32.3 Å². The third-order valence-electron chi connectivity index (χ3n) is 5.87. The summed E-state index contributed by atoms with van der Waals surface area (Å²) in [6.07, 6.45) is 8.51. The number of hydrogen-bond acceptors (Lipinski definition) is 6. The molecule has 1 aliphatic rings. The van der Waals surface area contributed by atoms with Crippen LogP contribution in [-0.2, 0) is 21.7 Å². The molecular weight excluding hydrogens is 418 g/mol. The van der Waals surface area contributed by atoms with Crippen LogP contribution in [0.3, 0.4) is 0 Å². The van der Waals surface area contributed by atoms with E-state index >= 15 is 0 Å². The van der Waals surface area contributed by atoms with Crippen LogP contribution in [-0.4, -0.2) is 56.5 Å². The molecule has 1 atom stereocenters. The minimum absolute atomic E-state index is 0.00929. The molecule has 1 N–H and O–H groups in total. The molecule has 1 aromatic carbocycles. The van der Waals surface area contributed by atoms with Crippen LogP contribution in [0.15, 0.2) is 30.9 Å². The van der Waals surface area contributed by atoms with E-state index in [0.717, 1.165) is 37.8 Å². The molecule has 3 rings (SSSR count). The van der Waals surface area contributed by atoms with Crippen molar-refractivity contribution in [1.82, 2.24) is 19.7 Å². The molecule has 0 radical (unpaired) electrons. The number of nitrogens with zero attached hydrogens (tertiary/aromatic N) is 4. The van der Waals surface area contributed by atoms with Crippen molar-refractivity contribution in [3.05, 3.63) is 48.1 Å². The molecule has 2 aromatic rings. The van der Waals surface area contributed by atoms with E-state index in [1.807, 2.05) is 4.90 Å². The molecule has 7 nitrogen and oxygen atoms in total. The van der Waals surface area contributed by atoms with Gasteiger partial charge >= 0.3 is 5.97 Å². The monoisotopic (exact) mass is 450 g/mol. The van der Waals surface area contributed by atoms with Crippen molar-refractivity contribution in [2.24, 2.45) is 0 Å². The molecule has 2 heterocycles. The number of esters is 1. The first-order chi connectivity index (χ1) is 15.4. The SMILES string of the molecule is CCCCCCC(=O)OC1CCN(CC(O)(Cn2cncn2)c2ccc(F)cc2F)CC1. The normalized spacial score (nSPS) is 17.2. The lowest BCUT2D eigenvalue weighted by Gasteiger charge is -2.38. The third-order valence-corrected chi connectivity index (χ3v) is 5.87. The van der Waals surface area contributed by atoms with Crippen molar-refractivity contribution in [3.8, 4) is 0 Å². The van der Waals surface area contributed by atoms with Crippen LogP contribution in [0, 0.1) is 11.6 Å². The van der Waals surface area contributed by atoms with Gasteiger partial charge in [-0.25, -0.2) is 18.4 Å². The molecule has 0 spiro atoms. The maximum atomic E-state index is 14.6. The molecule has 1 aromatic heterocycles. The summed E-state index contributed by atoms with van der Waals surface area (Å²) < 4.78 is 35.0. The zero-order chi connectivity index (χ0) is 23.0. The largest absolute Gasteiger partial charge is 0.462 e. The van der Waals surface area contributed by atoms with Gasteiger partial charge in [-0.15, -0.1) is 0 Å². The minimum atomic E-state index is -1.63. The van der Waals surface area contributed by atoms with Crippen molar-refractivity contribution in [2.75, 3.05) is 19.6 Å². The Hall–Kier alpha value is -2.39. The Morgan fingerprint density at radius 1 is 1.22 bits per heavy atom. The number of carbonyl (C=O) groups is 1. The summed E-state index contributed by atoms with van der Waals surface area (Å²) in [4.78, 5) is 17.9. The van der Waals surface area contributed by atoms with Gasteiger partial charge in [-0.3, -0.25) is 9.69 Å². The predicted molar refractivity (Wildman–Crippen MR) is 115 cm³/mol. The Labute approximate surface area is 187 Å². The molecule has 9 heteroatoms. The average molecular weight is 451 g/mol. The fraction of sp³-hybridized carbons (Fsp3) is 0.609. The molecular formula is C23H32F2N4O3. The maximum absolute atomic E-state index is 14.6. The standard InChI is InChI=1S/C23H32F2N4O3/c1-2-3-4-5-6-22(30)32-19-9-11-28(12-10-19)14-23(31,15-29-17-26-16-27-29)20-8-7-18(24)13-21(20)25/h7-8,13,16-17,19,31H,2-6,9-12,14-15H2,1H3. The second-order valence-electron chi connectivity index (χ2n) is 8.52. The van der Waals surface area contributed by atoms with E-state index in [1.54, 1.807) is 0 Å². The number of β-amino-alcohol motifs (C(OH)–C–C–N with tert-alkyl or cyclic N) is 1. The smallest absolute Gasteiger partial charge is 0.306 e. The van der Waals surface area contributed by atoms with Gasteiger partial charge in [-0.2, -0.15) is 5.10 Å². The Bertz CT molecular complexity index is 857. The topological polar surface area (TPSA) is 80.5 Å². The minimum Gasteiger partial charge on any atom is -0.462 e. The van der Waals surface area contributed by atoms with E-state index in [2.05, 4.69) is 17.0 Å². The molecule has 1 aliphatic heterocycles. The summed E-state index contributed by atoms with van der Waals surface area (Å²) in [6, 6.07) is 3.18. The highest BCUT2D eigenvalue weighted by Crippen LogP contribution is 2.29. The Balaban J connectivity index is 1.59. The Morgan fingerprint density at radius 2 is 2.00 bits per heavy atom. The van der Waals surface area contributed by atoms with Crippen molar-refractivity contribution >= 4 is 5.97 Å². The zero-order valence-electron chi connectivity index (χ0n) is 18.6. The van der Waals surface area contributed by atoms with Gasteiger partial charge in [-0.05, 0) is 25.3 Å². The predicted octanol–water partition coefficient (Wildman–Crippen LogP) is 3.42. The van der Waals surface area contributed by atoms with Crippen molar-refractivity contribution in [1.29, 1.82) is 0 Å². The van der Waals surface area contributed by atoms with Crippen LogP contribution in [0.2, 0.25) is 0 Å². The number of aromatic nitrogens is 3. The number of aliphatic hydroxyl groups is 1. The summed E-state index contributed by atoms with van der Waals surface area (Å²) >= 11 is 0. The number of halogens is 2. The van der Waals surface area contributed by atoms with Crippen molar-refractivity contribution in [3.63, 3.8) is 0 Å². The zero-order valence-corrected chi connectivity index (χ0v) is 18.6. The third kappa shape index (κ3) is 6.80. The lowest BCUT2D eigenvalue weighted by atomic mass is 9.91. The number of hydrogen-bond donors (Lipinski definition) is 1. The van der Waals surface area contributed by atoms with Gasteiger partial charge in [0, 0.05) is 37.7 Å². The first kappa shape index (κ1) is 24.3. The molecule has 32 heavy (non-hydrogen) atoms. The second-order valence-corrected chi connectivity index (χ2v) is 8.52. The summed E-state index contributed by atoms with van der Waals surface area (Å²) in [6.45, 7) is 3.42. The van der Waals surface area contributed by atoms with Gasteiger partial charge in [0.2, 0.25) is 0 Å². The van der Waals surface area contributed by atoms with Gasteiger partial charge in [0.1, 0.15) is 36.0 Å². The molecule has 176 valence electrons. The number of unbranched alkanes of at least 4 members (excludes halogenated alkanes) is 3. The molecule has 0 saturated carbocycles. The highest BCUT2D eigenvalue weighted by Gasteiger charge is 2.37. The lowest BCUT2D eigenvalue weighted by Crippen LogP contribution is -2.48. The summed E-state index contributed by atoms with van der Waals surface area (Å²) in [5.41, 5.74) is -1.62. The van der Waals surface area contributed by atoms with Gasteiger partial charge in [0.05, 0.1) is 6.54 Å². The van der Waals surface area contributed by atoms with Crippen molar-refractivity contribution in [2.45, 2.75) is 70.1 Å². The highest BCUT2D eigenvalue weighted by atomic mass is 19.1. The second kappa shape index (κ2) is 11.5. The van der Waals surface area contributed by atoms with Crippen LogP contribution in [0.5, 0.6) is 0 Å². The maximum Gasteiger partial charge on any atom is 0.306 e. The van der Waals surface area contributed by atoms with Crippen LogP contribution in [0.4, 0.5) is 8.78 Å². The number of carbonyl (C=O) groups excluding carboxylic acids is 1. The van der Waals surface area contributed by atoms with E-state index < -0.39 is 17.2 Å². The lowest BCUT2D eigenvalue weighted by molar-refractivity contribution is -0.152. The first-order valence-corrected chi connectivity index (χ1v) is 11.3. The summed E-state index contributed by atoms with van der Waals surface area (Å²) in [5.74, 6) is -1.66. The quantitative estimate of drug-likeness (QED) is 0.417. The number of rotatable bonds is 11. The molecule has 0 aliphatic carbocycles. The fourth-order valence-corrected chi connectivity index (χ4v) is 4.17. The van der Waals surface area contributed by atoms with Gasteiger partial charge in [0.25, 0.3) is 0 Å². The van der Waals surface area contributed by atoms with Gasteiger partial charge < -0.3 is 9.84 Å². The highest BCUT2D eigenvalue weighted by molar-refractivity contribution is 5.69. The summed E-state index contributed by atoms with van der Waals surface area (Å²) in [5, 5.41) is 15.5. The van der Waals surface area contributed by atoms with Crippen LogP contribution in [0.1, 0.15) is 57.4 Å². The molecule has 1 unspecified atom stereocenters. The summed E-state index contributed by atoms with van der Waals surface area (Å²) in [7, 11) is 0. The number of benzene rings is 1. The Morgan fingerprint density at radius 3 is 2.66 bits per heavy atom. The van der Waals surface area contributed by atoms with Crippen molar-refractivity contribution < 1.29 is 23.4 Å². The molecule has 1 saturated heterocycles. The van der Waals surface area contributed by atoms with E-state index in [1.165, 1.54) is 23.4 Å². The van der Waals surface area contributed by atoms with Gasteiger partial charge in [0.15, 0.2) is 0 Å². The molecule has 1 fully saturated rings. The first-order valence-electron chi connectivity index (χ1n) is 11.3. The number of likely N-dealkylation sites (tertiary alicyclic amines) is 1. The molecule has 0 bridgehead atoms. The van der Waals surface area contributed by atoms with E-state index in [-0.39, 0.29) is 30.7 Å². The van der Waals surface area contributed by atoms with E-state index in [0.29, 0.717) is 32.4 Å². The Kier molecular flexibility index (Phi) is 8.69. The van der Waals surface area contributed by atoms with Crippen LogP contribution < -0.4 is 0 Å². The number of piperidine rings is 1. The average Bonchev–Trinajstić information content (AvgIpc) is 3.25. The fourth-order valence-electron chi connectivity index (χ4n) is 4.17. The number of ether oxygens (including phenoxy) is 1. The van der Waals surface area contributed by atoms with Crippen LogP contribution in [0.25, 0.3) is 0 Å². The van der Waals surface area contributed by atoms with E-state index in [9.17, 15) is 18.7 Å². The van der Waals surface area contributed by atoms with Crippen LogP contribution >= 0.6 is 0 Å². The van der Waals surface area contributed by atoms with E-state index in [4.69, 9.17) is 4.74 Å².